The SMILES string of the molecule is CN(Cc1ccccc1)S(=O)(=O)c1ccc(C(N)=S)s1. The van der Waals surface area contributed by atoms with Crippen molar-refractivity contribution in [3.63, 3.8) is 0 Å². The number of hydrogen-bond donors (Lipinski definition) is 1. The van der Waals surface area contributed by atoms with E-state index in [0.29, 0.717) is 11.4 Å². The molecule has 0 radical (unpaired) electrons. The number of thiocarbonyl (C=S) groups is 1. The zero-order valence-electron chi connectivity index (χ0n) is 10.8. The molecule has 20 heavy (non-hydrogen) atoms. The first-order chi connectivity index (χ1) is 9.41. The number of nitrogens with zero attached hydrogens (tertiary/aromatic N) is 1. The molecule has 2 N–H and O–H groups in total. The van der Waals surface area contributed by atoms with Crippen LogP contribution in [0.3, 0.4) is 0 Å². The molecule has 0 bridgehead atoms. The first-order valence-electron chi connectivity index (χ1n) is 5.81. The lowest BCUT2D eigenvalue weighted by atomic mass is 10.2. The molecule has 0 aliphatic carbocycles. The summed E-state index contributed by atoms with van der Waals surface area (Å²) in [5.41, 5.74) is 6.44. The van der Waals surface area contributed by atoms with E-state index in [1.54, 1.807) is 13.1 Å². The van der Waals surface area contributed by atoms with E-state index in [4.69, 9.17) is 18.0 Å². The van der Waals surface area contributed by atoms with Crippen molar-refractivity contribution in [2.75, 3.05) is 7.05 Å². The number of rotatable bonds is 5. The minimum atomic E-state index is -3.51. The molecule has 0 fully saturated rings. The highest BCUT2D eigenvalue weighted by Gasteiger charge is 2.23. The van der Waals surface area contributed by atoms with E-state index < -0.39 is 10.0 Å². The maximum Gasteiger partial charge on any atom is 0.252 e. The summed E-state index contributed by atoms with van der Waals surface area (Å²) in [6.45, 7) is 0.323. The van der Waals surface area contributed by atoms with Gasteiger partial charge in [0, 0.05) is 13.6 Å². The van der Waals surface area contributed by atoms with Gasteiger partial charge in [0.2, 0.25) is 0 Å². The summed E-state index contributed by atoms with van der Waals surface area (Å²) in [4.78, 5) is 0.814. The Morgan fingerprint density at radius 3 is 2.45 bits per heavy atom. The smallest absolute Gasteiger partial charge is 0.252 e. The lowest BCUT2D eigenvalue weighted by molar-refractivity contribution is 0.468. The van der Waals surface area contributed by atoms with Gasteiger partial charge in [0.25, 0.3) is 10.0 Å². The standard InChI is InChI=1S/C13H14N2O2S3/c1-15(9-10-5-3-2-4-6-10)20(16,17)12-8-7-11(19-12)13(14)18/h2-8H,9H2,1H3,(H2,14,18). The Balaban J connectivity index is 2.23. The molecule has 0 aliphatic rings. The molecule has 106 valence electrons. The minimum absolute atomic E-state index is 0.210. The Labute approximate surface area is 127 Å². The molecular weight excluding hydrogens is 312 g/mol. The normalized spacial score (nSPS) is 11.7. The Bertz CT molecular complexity index is 708. The summed E-state index contributed by atoms with van der Waals surface area (Å²) in [6, 6.07) is 12.6. The molecule has 0 amide bonds. The summed E-state index contributed by atoms with van der Waals surface area (Å²) >= 11 is 5.94. The van der Waals surface area contributed by atoms with Crippen molar-refractivity contribution in [3.05, 3.63) is 52.9 Å². The lowest BCUT2D eigenvalue weighted by Gasteiger charge is -2.15. The van der Waals surface area contributed by atoms with Crippen molar-refractivity contribution in [2.45, 2.75) is 10.8 Å². The van der Waals surface area contributed by atoms with E-state index in [0.717, 1.165) is 16.9 Å². The average molecular weight is 326 g/mol. The van der Waals surface area contributed by atoms with Gasteiger partial charge in [-0.2, -0.15) is 4.31 Å². The summed E-state index contributed by atoms with van der Waals surface area (Å²) in [6.07, 6.45) is 0. The molecule has 2 aromatic rings. The maximum absolute atomic E-state index is 12.4. The van der Waals surface area contributed by atoms with Gasteiger partial charge in [0.05, 0.1) is 4.88 Å². The van der Waals surface area contributed by atoms with Gasteiger partial charge in [-0.25, -0.2) is 8.42 Å². The lowest BCUT2D eigenvalue weighted by Crippen LogP contribution is -2.25. The van der Waals surface area contributed by atoms with E-state index in [9.17, 15) is 8.42 Å². The number of benzene rings is 1. The van der Waals surface area contributed by atoms with Crippen molar-refractivity contribution < 1.29 is 8.42 Å². The molecule has 0 aliphatic heterocycles. The number of thiophene rings is 1. The summed E-state index contributed by atoms with van der Waals surface area (Å²) in [5.74, 6) is 0. The molecule has 0 saturated heterocycles. The highest BCUT2D eigenvalue weighted by molar-refractivity contribution is 7.91. The second-order valence-electron chi connectivity index (χ2n) is 4.23. The largest absolute Gasteiger partial charge is 0.389 e. The van der Waals surface area contributed by atoms with Crippen LogP contribution in [-0.4, -0.2) is 24.8 Å². The Morgan fingerprint density at radius 2 is 1.90 bits per heavy atom. The van der Waals surface area contributed by atoms with Crippen molar-refractivity contribution in [3.8, 4) is 0 Å². The zero-order valence-corrected chi connectivity index (χ0v) is 13.3. The second kappa shape index (κ2) is 6.01. The molecule has 1 aromatic heterocycles. The third kappa shape index (κ3) is 3.24. The van der Waals surface area contributed by atoms with Crippen molar-refractivity contribution >= 4 is 38.6 Å². The first kappa shape index (κ1) is 15.1. The van der Waals surface area contributed by atoms with Gasteiger partial charge >= 0.3 is 0 Å². The Morgan fingerprint density at radius 1 is 1.25 bits per heavy atom. The van der Waals surface area contributed by atoms with Crippen LogP contribution in [0.25, 0.3) is 0 Å². The van der Waals surface area contributed by atoms with Gasteiger partial charge in [-0.05, 0) is 17.7 Å². The summed E-state index contributed by atoms with van der Waals surface area (Å²) in [5, 5.41) is 0. The van der Waals surface area contributed by atoms with E-state index in [2.05, 4.69) is 0 Å². The third-order valence-electron chi connectivity index (χ3n) is 2.74. The molecule has 2 rings (SSSR count). The molecule has 7 heteroatoms. The highest BCUT2D eigenvalue weighted by atomic mass is 32.2. The first-order valence-corrected chi connectivity index (χ1v) is 8.47. The predicted molar refractivity (Wildman–Crippen MR) is 85.3 cm³/mol. The zero-order chi connectivity index (χ0) is 14.8. The maximum atomic E-state index is 12.4. The fourth-order valence-electron chi connectivity index (χ4n) is 1.67. The van der Waals surface area contributed by atoms with E-state index in [1.807, 2.05) is 30.3 Å². The van der Waals surface area contributed by atoms with Crippen molar-refractivity contribution in [1.29, 1.82) is 0 Å². The molecule has 1 heterocycles. The fourth-order valence-corrected chi connectivity index (χ4v) is 4.39. The van der Waals surface area contributed by atoms with Crippen LogP contribution in [0.2, 0.25) is 0 Å². The topological polar surface area (TPSA) is 63.4 Å². The summed E-state index contributed by atoms with van der Waals surface area (Å²) < 4.78 is 26.4. The fraction of sp³-hybridized carbons (Fsp3) is 0.154. The van der Waals surface area contributed by atoms with Crippen molar-refractivity contribution in [1.82, 2.24) is 4.31 Å². The molecule has 1 aromatic carbocycles. The molecule has 0 unspecified atom stereocenters. The Hall–Kier alpha value is -1.28. The second-order valence-corrected chi connectivity index (χ2v) is 8.02. The summed E-state index contributed by atoms with van der Waals surface area (Å²) in [7, 11) is -1.96. The van der Waals surface area contributed by atoms with Crippen LogP contribution >= 0.6 is 23.6 Å². The monoisotopic (exact) mass is 326 g/mol. The van der Waals surface area contributed by atoms with E-state index >= 15 is 0 Å². The number of nitrogens with two attached hydrogens (primary N) is 1. The highest BCUT2D eigenvalue weighted by Crippen LogP contribution is 2.25. The minimum Gasteiger partial charge on any atom is -0.389 e. The molecule has 0 spiro atoms. The predicted octanol–water partition coefficient (Wildman–Crippen LogP) is 2.20. The molecule has 0 saturated carbocycles. The van der Waals surface area contributed by atoms with Crippen LogP contribution in [0.5, 0.6) is 0 Å². The van der Waals surface area contributed by atoms with Gasteiger partial charge < -0.3 is 5.73 Å². The van der Waals surface area contributed by atoms with Gasteiger partial charge in [0.15, 0.2) is 0 Å². The number of hydrogen-bond acceptors (Lipinski definition) is 4. The van der Waals surface area contributed by atoms with Crippen LogP contribution in [0.1, 0.15) is 10.4 Å². The quantitative estimate of drug-likeness (QED) is 0.856. The molecule has 4 nitrogen and oxygen atoms in total. The number of sulfonamides is 1. The van der Waals surface area contributed by atoms with Gasteiger partial charge in [-0.1, -0.05) is 42.5 Å². The van der Waals surface area contributed by atoms with Crippen LogP contribution in [0.4, 0.5) is 0 Å². The molecular formula is C13H14N2O2S3. The van der Waals surface area contributed by atoms with Crippen LogP contribution < -0.4 is 5.73 Å². The average Bonchev–Trinajstić information content (AvgIpc) is 2.90. The third-order valence-corrected chi connectivity index (χ3v) is 6.48. The van der Waals surface area contributed by atoms with Crippen LogP contribution in [-0.2, 0) is 16.6 Å². The van der Waals surface area contributed by atoms with E-state index in [1.165, 1.54) is 10.4 Å². The Kier molecular flexibility index (Phi) is 4.54. The van der Waals surface area contributed by atoms with Crippen LogP contribution in [0, 0.1) is 0 Å². The van der Waals surface area contributed by atoms with E-state index in [-0.39, 0.29) is 9.20 Å². The van der Waals surface area contributed by atoms with Crippen molar-refractivity contribution in [2.24, 2.45) is 5.73 Å². The molecule has 0 atom stereocenters. The van der Waals surface area contributed by atoms with Crippen LogP contribution in [0.15, 0.2) is 46.7 Å². The van der Waals surface area contributed by atoms with Gasteiger partial charge in [-0.3, -0.25) is 0 Å². The van der Waals surface area contributed by atoms with Gasteiger partial charge in [0.1, 0.15) is 9.20 Å². The van der Waals surface area contributed by atoms with Gasteiger partial charge in [-0.15, -0.1) is 11.3 Å².